The van der Waals surface area contributed by atoms with Crippen LogP contribution in [-0.4, -0.2) is 36.5 Å². The number of pyridine rings is 1. The number of aryl methyl sites for hydroxylation is 2. The maximum Gasteiger partial charge on any atom is 0.270 e. The third kappa shape index (κ3) is 3.39. The molecule has 3 heterocycles. The van der Waals surface area contributed by atoms with Gasteiger partial charge in [0.05, 0.1) is 6.54 Å². The average molecular weight is 329 g/mol. The standard InChI is InChI=1S/C14H15N7OS/c1-3-9-6-15-12(23-9)7-16-14(22)11-5-4-10(8(2)17-11)13-18-20-21-19-13/h4-6H,3,7H2,1-2H3,(H,16,22)(H,18,19,20,21). The van der Waals surface area contributed by atoms with Crippen LogP contribution < -0.4 is 5.32 Å². The van der Waals surface area contributed by atoms with Gasteiger partial charge in [-0.1, -0.05) is 6.92 Å². The smallest absolute Gasteiger partial charge is 0.270 e. The molecule has 0 fully saturated rings. The number of thiazole rings is 1. The molecule has 0 bridgehead atoms. The van der Waals surface area contributed by atoms with Gasteiger partial charge in [-0.05, 0) is 30.7 Å². The van der Waals surface area contributed by atoms with Crippen molar-refractivity contribution in [3.63, 3.8) is 0 Å². The van der Waals surface area contributed by atoms with Crippen LogP contribution in [0.15, 0.2) is 18.3 Å². The van der Waals surface area contributed by atoms with E-state index in [0.717, 1.165) is 17.0 Å². The highest BCUT2D eigenvalue weighted by atomic mass is 32.1. The number of aromatic nitrogens is 6. The maximum absolute atomic E-state index is 12.2. The summed E-state index contributed by atoms with van der Waals surface area (Å²) in [7, 11) is 0. The number of rotatable bonds is 5. The van der Waals surface area contributed by atoms with Gasteiger partial charge in [0.2, 0.25) is 5.82 Å². The van der Waals surface area contributed by atoms with Gasteiger partial charge in [0, 0.05) is 22.3 Å². The molecule has 0 aromatic carbocycles. The van der Waals surface area contributed by atoms with Crippen molar-refractivity contribution < 1.29 is 4.79 Å². The Bertz CT molecular complexity index is 812. The molecule has 0 aliphatic rings. The molecular weight excluding hydrogens is 314 g/mol. The fourth-order valence-electron chi connectivity index (χ4n) is 2.04. The van der Waals surface area contributed by atoms with E-state index in [1.165, 1.54) is 4.88 Å². The van der Waals surface area contributed by atoms with Crippen LogP contribution in [0.1, 0.15) is 33.0 Å². The first-order chi connectivity index (χ1) is 11.2. The summed E-state index contributed by atoms with van der Waals surface area (Å²) in [5.41, 5.74) is 1.76. The largest absolute Gasteiger partial charge is 0.344 e. The Morgan fingerprint density at radius 3 is 2.91 bits per heavy atom. The van der Waals surface area contributed by atoms with E-state index >= 15 is 0 Å². The van der Waals surface area contributed by atoms with Gasteiger partial charge >= 0.3 is 0 Å². The van der Waals surface area contributed by atoms with Crippen LogP contribution in [0, 0.1) is 6.92 Å². The molecule has 2 N–H and O–H groups in total. The van der Waals surface area contributed by atoms with Gasteiger partial charge in [-0.15, -0.1) is 21.5 Å². The summed E-state index contributed by atoms with van der Waals surface area (Å²) in [6.45, 7) is 4.28. The molecule has 0 aliphatic heterocycles. The van der Waals surface area contributed by atoms with E-state index < -0.39 is 0 Å². The number of hydrogen-bond donors (Lipinski definition) is 2. The van der Waals surface area contributed by atoms with E-state index in [1.807, 2.05) is 6.20 Å². The van der Waals surface area contributed by atoms with Crippen molar-refractivity contribution >= 4 is 17.2 Å². The van der Waals surface area contributed by atoms with Crippen molar-refractivity contribution in [3.05, 3.63) is 39.6 Å². The minimum absolute atomic E-state index is 0.235. The highest BCUT2D eigenvalue weighted by Gasteiger charge is 2.13. The Kier molecular flexibility index (Phi) is 4.38. The molecular formula is C14H15N7OS. The number of nitrogens with one attached hydrogen (secondary N) is 2. The van der Waals surface area contributed by atoms with Gasteiger partial charge in [-0.2, -0.15) is 5.21 Å². The van der Waals surface area contributed by atoms with Crippen LogP contribution in [0.3, 0.4) is 0 Å². The number of H-pyrrole nitrogens is 1. The monoisotopic (exact) mass is 329 g/mol. The first kappa shape index (κ1) is 15.2. The lowest BCUT2D eigenvalue weighted by molar-refractivity contribution is 0.0945. The quantitative estimate of drug-likeness (QED) is 0.734. The molecule has 0 spiro atoms. The van der Waals surface area contributed by atoms with Crippen molar-refractivity contribution in [1.82, 2.24) is 35.9 Å². The van der Waals surface area contributed by atoms with Crippen molar-refractivity contribution in [3.8, 4) is 11.4 Å². The minimum atomic E-state index is -0.235. The van der Waals surface area contributed by atoms with Gasteiger partial charge in [0.15, 0.2) is 0 Å². The summed E-state index contributed by atoms with van der Waals surface area (Å²) >= 11 is 1.60. The second kappa shape index (κ2) is 6.61. The molecule has 0 radical (unpaired) electrons. The molecule has 0 unspecified atom stereocenters. The predicted molar refractivity (Wildman–Crippen MR) is 84.8 cm³/mol. The van der Waals surface area contributed by atoms with E-state index in [4.69, 9.17) is 0 Å². The molecule has 3 aromatic heterocycles. The summed E-state index contributed by atoms with van der Waals surface area (Å²) in [5.74, 6) is 0.220. The summed E-state index contributed by atoms with van der Waals surface area (Å²) in [5, 5.41) is 17.5. The molecule has 3 rings (SSSR count). The Morgan fingerprint density at radius 2 is 2.26 bits per heavy atom. The van der Waals surface area contributed by atoms with E-state index in [9.17, 15) is 4.79 Å². The molecule has 0 aliphatic carbocycles. The number of amides is 1. The van der Waals surface area contributed by atoms with Crippen LogP contribution >= 0.6 is 11.3 Å². The highest BCUT2D eigenvalue weighted by molar-refractivity contribution is 7.11. The van der Waals surface area contributed by atoms with Crippen molar-refractivity contribution in [2.45, 2.75) is 26.8 Å². The number of aromatic amines is 1. The predicted octanol–water partition coefficient (Wildman–Crippen LogP) is 1.52. The number of nitrogens with zero attached hydrogens (tertiary/aromatic N) is 5. The van der Waals surface area contributed by atoms with E-state index in [0.29, 0.717) is 23.8 Å². The zero-order chi connectivity index (χ0) is 16.2. The third-order valence-corrected chi connectivity index (χ3v) is 4.40. The van der Waals surface area contributed by atoms with Gasteiger partial charge in [0.25, 0.3) is 5.91 Å². The number of hydrogen-bond acceptors (Lipinski definition) is 7. The van der Waals surface area contributed by atoms with Crippen molar-refractivity contribution in [1.29, 1.82) is 0 Å². The topological polar surface area (TPSA) is 109 Å². The summed E-state index contributed by atoms with van der Waals surface area (Å²) in [6.07, 6.45) is 2.79. The zero-order valence-corrected chi connectivity index (χ0v) is 13.5. The lowest BCUT2D eigenvalue weighted by Crippen LogP contribution is -2.24. The highest BCUT2D eigenvalue weighted by Crippen LogP contribution is 2.17. The van der Waals surface area contributed by atoms with E-state index in [2.05, 4.69) is 42.8 Å². The molecule has 9 heteroatoms. The number of carbonyl (C=O) groups excluding carboxylic acids is 1. The first-order valence-electron chi connectivity index (χ1n) is 7.10. The molecule has 23 heavy (non-hydrogen) atoms. The second-order valence-electron chi connectivity index (χ2n) is 4.82. The Morgan fingerprint density at radius 1 is 1.39 bits per heavy atom. The van der Waals surface area contributed by atoms with Crippen LogP contribution in [-0.2, 0) is 13.0 Å². The minimum Gasteiger partial charge on any atom is -0.344 e. The van der Waals surface area contributed by atoms with Gasteiger partial charge < -0.3 is 5.32 Å². The Labute approximate surface area is 136 Å². The molecule has 0 saturated carbocycles. The van der Waals surface area contributed by atoms with E-state index in [-0.39, 0.29) is 5.91 Å². The van der Waals surface area contributed by atoms with Gasteiger partial charge in [-0.3, -0.25) is 4.79 Å². The summed E-state index contributed by atoms with van der Waals surface area (Å²) in [6, 6.07) is 3.41. The Balaban J connectivity index is 1.69. The molecule has 8 nitrogen and oxygen atoms in total. The molecule has 1 amide bonds. The molecule has 3 aromatic rings. The summed E-state index contributed by atoms with van der Waals surface area (Å²) in [4.78, 5) is 22.0. The van der Waals surface area contributed by atoms with Gasteiger partial charge in [-0.25, -0.2) is 9.97 Å². The van der Waals surface area contributed by atoms with Crippen LogP contribution in [0.4, 0.5) is 0 Å². The van der Waals surface area contributed by atoms with E-state index in [1.54, 1.807) is 30.4 Å². The number of tetrazole rings is 1. The number of carbonyl (C=O) groups is 1. The summed E-state index contributed by atoms with van der Waals surface area (Å²) < 4.78 is 0. The lowest BCUT2D eigenvalue weighted by atomic mass is 10.1. The average Bonchev–Trinajstić information content (AvgIpc) is 3.24. The fraction of sp³-hybridized carbons (Fsp3) is 0.286. The zero-order valence-electron chi connectivity index (χ0n) is 12.7. The molecule has 0 saturated heterocycles. The van der Waals surface area contributed by atoms with Crippen LogP contribution in [0.5, 0.6) is 0 Å². The fourth-order valence-corrected chi connectivity index (χ4v) is 2.84. The Hall–Kier alpha value is -2.68. The van der Waals surface area contributed by atoms with Crippen LogP contribution in [0.25, 0.3) is 11.4 Å². The normalized spacial score (nSPS) is 10.7. The van der Waals surface area contributed by atoms with Crippen LogP contribution in [0.2, 0.25) is 0 Å². The third-order valence-electron chi connectivity index (χ3n) is 3.25. The maximum atomic E-state index is 12.2. The molecule has 0 atom stereocenters. The SMILES string of the molecule is CCc1cnc(CNC(=O)c2ccc(-c3nn[nH]n3)c(C)n2)s1. The van der Waals surface area contributed by atoms with Crippen molar-refractivity contribution in [2.24, 2.45) is 0 Å². The van der Waals surface area contributed by atoms with Crippen molar-refractivity contribution in [2.75, 3.05) is 0 Å². The second-order valence-corrected chi connectivity index (χ2v) is 6.02. The lowest BCUT2D eigenvalue weighted by Gasteiger charge is -2.05. The van der Waals surface area contributed by atoms with Gasteiger partial charge in [0.1, 0.15) is 10.7 Å². The first-order valence-corrected chi connectivity index (χ1v) is 7.92. The molecule has 118 valence electrons.